The smallest absolute Gasteiger partial charge is 0.195 e. The molecule has 0 radical (unpaired) electrons. The summed E-state index contributed by atoms with van der Waals surface area (Å²) in [5, 5.41) is -0.0337. The number of fused-ring (bicyclic) bond motifs is 1. The van der Waals surface area contributed by atoms with E-state index < -0.39 is 15.7 Å². The molecule has 11 heteroatoms. The number of rotatable bonds is 7. The molecule has 35 heavy (non-hydrogen) atoms. The molecule has 0 fully saturated rings. The van der Waals surface area contributed by atoms with Crippen LogP contribution in [0.4, 0.5) is 4.39 Å². The first kappa shape index (κ1) is 22.4. The third-order valence-corrected chi connectivity index (χ3v) is 6.67. The Kier molecular flexibility index (Phi) is 5.83. The fourth-order valence-electron chi connectivity index (χ4n) is 3.28. The topological polar surface area (TPSA) is 120 Å². The van der Waals surface area contributed by atoms with Crippen molar-refractivity contribution in [1.29, 1.82) is 0 Å². The van der Waals surface area contributed by atoms with Crippen molar-refractivity contribution < 1.29 is 22.3 Å². The minimum Gasteiger partial charge on any atom is -0.456 e. The lowest BCUT2D eigenvalue weighted by molar-refractivity contribution is 0.437. The van der Waals surface area contributed by atoms with Gasteiger partial charge in [-0.3, -0.25) is 4.98 Å². The van der Waals surface area contributed by atoms with E-state index in [-0.39, 0.29) is 22.3 Å². The van der Waals surface area contributed by atoms with Crippen LogP contribution < -0.4 is 9.47 Å². The highest BCUT2D eigenvalue weighted by atomic mass is 32.2. The molecule has 0 aliphatic rings. The predicted molar refractivity (Wildman–Crippen MR) is 126 cm³/mol. The van der Waals surface area contributed by atoms with Crippen LogP contribution in [0.25, 0.3) is 22.6 Å². The average molecular weight is 492 g/mol. The maximum absolute atomic E-state index is 14.3. The van der Waals surface area contributed by atoms with Gasteiger partial charge in [-0.1, -0.05) is 19.1 Å². The van der Waals surface area contributed by atoms with E-state index in [1.165, 1.54) is 30.5 Å². The number of imidazole rings is 1. The van der Waals surface area contributed by atoms with E-state index >= 15 is 0 Å². The molecule has 0 bridgehead atoms. The zero-order chi connectivity index (χ0) is 24.4. The molecule has 1 N–H and O–H groups in total. The van der Waals surface area contributed by atoms with Crippen LogP contribution >= 0.6 is 0 Å². The van der Waals surface area contributed by atoms with Crippen LogP contribution in [0.15, 0.2) is 78.3 Å². The number of pyridine rings is 1. The Labute approximate surface area is 199 Å². The minimum absolute atomic E-state index is 0.0193. The molecule has 5 rings (SSSR count). The van der Waals surface area contributed by atoms with Crippen molar-refractivity contribution >= 4 is 20.9 Å². The molecule has 0 saturated heterocycles. The molecule has 0 amide bonds. The lowest BCUT2D eigenvalue weighted by Gasteiger charge is -2.11. The Morgan fingerprint density at radius 3 is 2.51 bits per heavy atom. The van der Waals surface area contributed by atoms with Crippen LogP contribution in [0.1, 0.15) is 6.92 Å². The Morgan fingerprint density at radius 1 is 0.943 bits per heavy atom. The van der Waals surface area contributed by atoms with Gasteiger partial charge >= 0.3 is 0 Å². The molecule has 0 atom stereocenters. The van der Waals surface area contributed by atoms with Crippen LogP contribution in [-0.2, 0) is 9.84 Å². The van der Waals surface area contributed by atoms with Crippen molar-refractivity contribution in [1.82, 2.24) is 24.9 Å². The van der Waals surface area contributed by atoms with E-state index in [1.807, 2.05) is 0 Å². The number of ether oxygens (including phenoxy) is 2. The first-order chi connectivity index (χ1) is 16.9. The number of nitrogens with zero attached hydrogens (tertiary/aromatic N) is 4. The summed E-state index contributed by atoms with van der Waals surface area (Å²) in [5.74, 6) is 0.767. The van der Waals surface area contributed by atoms with E-state index in [0.29, 0.717) is 34.1 Å². The summed E-state index contributed by atoms with van der Waals surface area (Å²) in [4.78, 5) is 20.0. The van der Waals surface area contributed by atoms with Gasteiger partial charge in [-0.05, 0) is 24.3 Å². The van der Waals surface area contributed by atoms with Gasteiger partial charge < -0.3 is 14.5 Å². The maximum Gasteiger partial charge on any atom is 0.195 e. The summed E-state index contributed by atoms with van der Waals surface area (Å²) in [6.07, 6.45) is 5.98. The average Bonchev–Trinajstić information content (AvgIpc) is 3.31. The summed E-state index contributed by atoms with van der Waals surface area (Å²) >= 11 is 0. The zero-order valence-corrected chi connectivity index (χ0v) is 19.2. The van der Waals surface area contributed by atoms with E-state index in [4.69, 9.17) is 9.47 Å². The first-order valence-corrected chi connectivity index (χ1v) is 12.2. The maximum atomic E-state index is 14.3. The van der Waals surface area contributed by atoms with E-state index in [1.54, 1.807) is 49.8 Å². The number of benzene rings is 2. The highest BCUT2D eigenvalue weighted by Gasteiger charge is 2.17. The second-order valence-corrected chi connectivity index (χ2v) is 9.59. The molecule has 0 aliphatic heterocycles. The number of halogens is 1. The van der Waals surface area contributed by atoms with Crippen molar-refractivity contribution in [2.24, 2.45) is 0 Å². The van der Waals surface area contributed by atoms with Crippen LogP contribution in [0.3, 0.4) is 0 Å². The fourth-order valence-corrected chi connectivity index (χ4v) is 4.07. The summed E-state index contributed by atoms with van der Waals surface area (Å²) < 4.78 is 50.1. The van der Waals surface area contributed by atoms with Gasteiger partial charge in [0.2, 0.25) is 0 Å². The first-order valence-electron chi connectivity index (χ1n) is 10.5. The molecule has 2 aromatic carbocycles. The Balaban J connectivity index is 1.55. The lowest BCUT2D eigenvalue weighted by atomic mass is 10.2. The number of para-hydroxylation sites is 1. The lowest BCUT2D eigenvalue weighted by Crippen LogP contribution is -2.05. The molecule has 176 valence electrons. The quantitative estimate of drug-likeness (QED) is 0.340. The highest BCUT2D eigenvalue weighted by molar-refractivity contribution is 7.91. The number of hydrogen-bond donors (Lipinski definition) is 1. The second kappa shape index (κ2) is 9.11. The Hall–Kier alpha value is -4.38. The largest absolute Gasteiger partial charge is 0.456 e. The van der Waals surface area contributed by atoms with Gasteiger partial charge in [0, 0.05) is 24.5 Å². The van der Waals surface area contributed by atoms with Crippen molar-refractivity contribution in [3.8, 4) is 34.5 Å². The highest BCUT2D eigenvalue weighted by Crippen LogP contribution is 2.36. The monoisotopic (exact) mass is 491 g/mol. The molecule has 0 aliphatic carbocycles. The van der Waals surface area contributed by atoms with Gasteiger partial charge in [0.05, 0.1) is 23.7 Å². The third-order valence-electron chi connectivity index (χ3n) is 5.03. The molecule has 0 unspecified atom stereocenters. The molecular weight excluding hydrogens is 473 g/mol. The fraction of sp³-hybridized carbons (Fsp3) is 0.0833. The van der Waals surface area contributed by atoms with E-state index in [0.717, 1.165) is 0 Å². The molecule has 9 nitrogen and oxygen atoms in total. The summed E-state index contributed by atoms with van der Waals surface area (Å²) in [5.41, 5.74) is 1.50. The Morgan fingerprint density at radius 2 is 1.80 bits per heavy atom. The van der Waals surface area contributed by atoms with Gasteiger partial charge in [0.25, 0.3) is 0 Å². The van der Waals surface area contributed by atoms with Gasteiger partial charge in [-0.2, -0.15) is 0 Å². The number of aromatic amines is 1. The van der Waals surface area contributed by atoms with Gasteiger partial charge in [-0.25, -0.2) is 27.8 Å². The number of nitrogens with one attached hydrogen (secondary N) is 1. The standard InChI is InChI=1S/C24H18FN5O4S/c1-2-35(31,32)22-8-7-15(13-28-22)33-16-11-18-23(30-24(29-18)19-14-26-9-10-27-19)21(12-16)34-20-6-4-3-5-17(20)25/h3-14H,2H2,1H3,(H,29,30). The molecule has 5 aromatic rings. The number of aromatic nitrogens is 5. The van der Waals surface area contributed by atoms with Gasteiger partial charge in [-0.15, -0.1) is 0 Å². The zero-order valence-electron chi connectivity index (χ0n) is 18.3. The molecule has 3 heterocycles. The van der Waals surface area contributed by atoms with Crippen molar-refractivity contribution in [2.75, 3.05) is 5.75 Å². The van der Waals surface area contributed by atoms with Crippen LogP contribution in [0.2, 0.25) is 0 Å². The van der Waals surface area contributed by atoms with Crippen LogP contribution in [-0.4, -0.2) is 39.1 Å². The van der Waals surface area contributed by atoms with Crippen LogP contribution in [0, 0.1) is 5.82 Å². The molecular formula is C24H18FN5O4S. The summed E-state index contributed by atoms with van der Waals surface area (Å²) in [7, 11) is -3.43. The van der Waals surface area contributed by atoms with Gasteiger partial charge in [0.15, 0.2) is 38.0 Å². The number of H-pyrrole nitrogens is 1. The van der Waals surface area contributed by atoms with Crippen LogP contribution in [0.5, 0.6) is 23.0 Å². The normalized spacial score (nSPS) is 11.5. The predicted octanol–water partition coefficient (Wildman–Crippen LogP) is 4.93. The third kappa shape index (κ3) is 4.66. The van der Waals surface area contributed by atoms with E-state index in [9.17, 15) is 12.8 Å². The summed E-state index contributed by atoms with van der Waals surface area (Å²) in [6.45, 7) is 1.55. The second-order valence-electron chi connectivity index (χ2n) is 7.36. The minimum atomic E-state index is -3.43. The molecule has 0 saturated carbocycles. The van der Waals surface area contributed by atoms with Gasteiger partial charge in [0.1, 0.15) is 22.7 Å². The summed E-state index contributed by atoms with van der Waals surface area (Å²) in [6, 6.07) is 12.2. The molecule has 0 spiro atoms. The molecule has 3 aromatic heterocycles. The SMILES string of the molecule is CCS(=O)(=O)c1ccc(Oc2cc(Oc3ccccc3F)c3nc(-c4cnccn4)[nH]c3c2)cn1. The van der Waals surface area contributed by atoms with Crippen molar-refractivity contribution in [3.63, 3.8) is 0 Å². The number of sulfone groups is 1. The van der Waals surface area contributed by atoms with Crippen molar-refractivity contribution in [2.45, 2.75) is 11.9 Å². The Bertz CT molecular complexity index is 1610. The van der Waals surface area contributed by atoms with E-state index in [2.05, 4.69) is 24.9 Å². The van der Waals surface area contributed by atoms with Crippen molar-refractivity contribution in [3.05, 3.63) is 79.1 Å². The number of hydrogen-bond acceptors (Lipinski definition) is 8.